The topological polar surface area (TPSA) is 125 Å². The number of rotatable bonds is 7. The number of hydrogen-bond acceptors (Lipinski definition) is 6. The van der Waals surface area contributed by atoms with Crippen LogP contribution in [0.25, 0.3) is 0 Å². The third-order valence-electron chi connectivity index (χ3n) is 3.69. The largest absolute Gasteiger partial charge is 0.494 e. The van der Waals surface area contributed by atoms with Crippen LogP contribution in [0.5, 0.6) is 5.75 Å². The molecule has 0 unspecified atom stereocenters. The van der Waals surface area contributed by atoms with Gasteiger partial charge in [-0.3, -0.25) is 9.59 Å². The van der Waals surface area contributed by atoms with Crippen LogP contribution in [0.4, 0.5) is 10.1 Å². The van der Waals surface area contributed by atoms with Crippen molar-refractivity contribution in [3.8, 4) is 5.75 Å². The van der Waals surface area contributed by atoms with Gasteiger partial charge in [0.15, 0.2) is 17.7 Å². The van der Waals surface area contributed by atoms with Crippen molar-refractivity contribution in [2.24, 2.45) is 5.14 Å². The number of anilines is 1. The van der Waals surface area contributed by atoms with Gasteiger partial charge in [0, 0.05) is 5.69 Å². The first-order valence-electron chi connectivity index (χ1n) is 8.06. The van der Waals surface area contributed by atoms with Gasteiger partial charge in [0.05, 0.1) is 18.4 Å². The van der Waals surface area contributed by atoms with Gasteiger partial charge in [-0.25, -0.2) is 17.9 Å². The predicted octanol–water partition coefficient (Wildman–Crippen LogP) is 1.59. The summed E-state index contributed by atoms with van der Waals surface area (Å²) < 4.78 is 45.9. The molecule has 2 aromatic carbocycles. The van der Waals surface area contributed by atoms with Gasteiger partial charge < -0.3 is 14.8 Å². The van der Waals surface area contributed by atoms with Crippen molar-refractivity contribution >= 4 is 27.6 Å². The number of nitrogens with one attached hydrogen (secondary N) is 1. The van der Waals surface area contributed by atoms with Crippen LogP contribution in [0, 0.1) is 5.82 Å². The maximum absolute atomic E-state index is 13.6. The Morgan fingerprint density at radius 2 is 1.82 bits per heavy atom. The highest BCUT2D eigenvalue weighted by atomic mass is 32.2. The summed E-state index contributed by atoms with van der Waals surface area (Å²) in [5, 5.41) is 7.48. The number of sulfonamides is 1. The number of benzene rings is 2. The Labute approximate surface area is 161 Å². The molecule has 0 spiro atoms. The van der Waals surface area contributed by atoms with Crippen molar-refractivity contribution in [2.75, 3.05) is 12.4 Å². The van der Waals surface area contributed by atoms with Gasteiger partial charge in [0.25, 0.3) is 5.91 Å². The summed E-state index contributed by atoms with van der Waals surface area (Å²) in [6.07, 6.45) is -1.34. The molecule has 0 saturated carbocycles. The van der Waals surface area contributed by atoms with Crippen LogP contribution in [-0.4, -0.2) is 33.5 Å². The Hall–Kier alpha value is -2.98. The van der Waals surface area contributed by atoms with Crippen LogP contribution in [-0.2, 0) is 30.8 Å². The molecule has 0 fully saturated rings. The molecule has 0 aromatic heterocycles. The van der Waals surface area contributed by atoms with Crippen LogP contribution in [0.3, 0.4) is 0 Å². The Bertz CT molecular complexity index is 976. The molecular weight excluding hydrogens is 391 g/mol. The van der Waals surface area contributed by atoms with E-state index in [-0.39, 0.29) is 17.1 Å². The lowest BCUT2D eigenvalue weighted by atomic mass is 10.1. The van der Waals surface area contributed by atoms with E-state index in [4.69, 9.17) is 14.6 Å². The second kappa shape index (κ2) is 8.81. The molecule has 8 nitrogen and oxygen atoms in total. The van der Waals surface area contributed by atoms with Crippen molar-refractivity contribution in [1.82, 2.24) is 0 Å². The minimum atomic E-state index is -3.83. The first-order valence-corrected chi connectivity index (χ1v) is 9.60. The van der Waals surface area contributed by atoms with Gasteiger partial charge in [-0.2, -0.15) is 0 Å². The number of carbonyl (C=O) groups is 2. The number of hydrogen-bond donors (Lipinski definition) is 2. The fraction of sp³-hybridized carbons (Fsp3) is 0.222. The first-order chi connectivity index (χ1) is 13.1. The molecule has 0 aliphatic rings. The molecule has 1 amide bonds. The molecule has 0 aliphatic heterocycles. The lowest BCUT2D eigenvalue weighted by Gasteiger charge is -2.14. The SMILES string of the molecule is COc1ccc(CC(=O)O[C@@H](C)C(=O)Nc2ccc(S(N)(=O)=O)cc2)cc1F. The molecule has 0 bridgehead atoms. The van der Waals surface area contributed by atoms with E-state index in [1.165, 1.54) is 50.4 Å². The van der Waals surface area contributed by atoms with Gasteiger partial charge in [-0.1, -0.05) is 6.07 Å². The van der Waals surface area contributed by atoms with Crippen LogP contribution in [0.1, 0.15) is 12.5 Å². The van der Waals surface area contributed by atoms with E-state index in [1.807, 2.05) is 0 Å². The maximum Gasteiger partial charge on any atom is 0.311 e. The first kappa shape index (κ1) is 21.3. The van der Waals surface area contributed by atoms with E-state index >= 15 is 0 Å². The smallest absolute Gasteiger partial charge is 0.311 e. The molecular formula is C18H19FN2O6S. The summed E-state index contributed by atoms with van der Waals surface area (Å²) >= 11 is 0. The second-order valence-corrected chi connectivity index (χ2v) is 7.40. The minimum Gasteiger partial charge on any atom is -0.494 e. The van der Waals surface area contributed by atoms with Crippen LogP contribution in [0.15, 0.2) is 47.4 Å². The molecule has 150 valence electrons. The van der Waals surface area contributed by atoms with E-state index in [1.54, 1.807) is 0 Å². The number of carbonyl (C=O) groups excluding carboxylic acids is 2. The average molecular weight is 410 g/mol. The van der Waals surface area contributed by atoms with Crippen LogP contribution >= 0.6 is 0 Å². The second-order valence-electron chi connectivity index (χ2n) is 5.84. The zero-order valence-electron chi connectivity index (χ0n) is 15.1. The molecule has 0 heterocycles. The number of nitrogens with two attached hydrogens (primary N) is 1. The monoisotopic (exact) mass is 410 g/mol. The lowest BCUT2D eigenvalue weighted by Crippen LogP contribution is -2.30. The third kappa shape index (κ3) is 5.76. The molecule has 28 heavy (non-hydrogen) atoms. The average Bonchev–Trinajstić information content (AvgIpc) is 2.61. The van der Waals surface area contributed by atoms with E-state index in [2.05, 4.69) is 5.32 Å². The predicted molar refractivity (Wildman–Crippen MR) is 98.7 cm³/mol. The van der Waals surface area contributed by atoms with Crippen molar-refractivity contribution in [3.63, 3.8) is 0 Å². The Balaban J connectivity index is 1.92. The molecule has 0 aliphatic carbocycles. The molecule has 3 N–H and O–H groups in total. The zero-order chi connectivity index (χ0) is 20.9. The number of amides is 1. The number of ether oxygens (including phenoxy) is 2. The van der Waals surface area contributed by atoms with E-state index in [0.717, 1.165) is 6.07 Å². The zero-order valence-corrected chi connectivity index (χ0v) is 16.0. The van der Waals surface area contributed by atoms with Crippen molar-refractivity contribution in [3.05, 3.63) is 53.8 Å². The third-order valence-corrected chi connectivity index (χ3v) is 4.62. The quantitative estimate of drug-likeness (QED) is 0.668. The van der Waals surface area contributed by atoms with E-state index < -0.39 is 33.8 Å². The summed E-state index contributed by atoms with van der Waals surface area (Å²) in [6, 6.07) is 9.23. The summed E-state index contributed by atoms with van der Waals surface area (Å²) in [6.45, 7) is 1.38. The normalized spacial score (nSPS) is 12.1. The van der Waals surface area contributed by atoms with E-state index in [9.17, 15) is 22.4 Å². The highest BCUT2D eigenvalue weighted by molar-refractivity contribution is 7.89. The summed E-state index contributed by atoms with van der Waals surface area (Å²) in [7, 11) is -2.51. The van der Waals surface area contributed by atoms with Gasteiger partial charge >= 0.3 is 5.97 Å². The number of primary sulfonamides is 1. The van der Waals surface area contributed by atoms with Crippen molar-refractivity contribution in [2.45, 2.75) is 24.3 Å². The van der Waals surface area contributed by atoms with Gasteiger partial charge in [0.1, 0.15) is 0 Å². The maximum atomic E-state index is 13.6. The fourth-order valence-electron chi connectivity index (χ4n) is 2.25. The molecule has 0 radical (unpaired) electrons. The molecule has 0 saturated heterocycles. The Kier molecular flexibility index (Phi) is 6.71. The minimum absolute atomic E-state index is 0.0540. The highest BCUT2D eigenvalue weighted by Crippen LogP contribution is 2.18. The van der Waals surface area contributed by atoms with Crippen molar-refractivity contribution < 1.29 is 31.9 Å². The Morgan fingerprint density at radius 3 is 2.36 bits per heavy atom. The van der Waals surface area contributed by atoms with Gasteiger partial charge in [0.2, 0.25) is 10.0 Å². The number of methoxy groups -OCH3 is 1. The molecule has 10 heteroatoms. The lowest BCUT2D eigenvalue weighted by molar-refractivity contribution is -0.152. The van der Waals surface area contributed by atoms with Crippen LogP contribution in [0.2, 0.25) is 0 Å². The van der Waals surface area contributed by atoms with Crippen LogP contribution < -0.4 is 15.2 Å². The molecule has 2 aromatic rings. The Morgan fingerprint density at radius 1 is 1.18 bits per heavy atom. The van der Waals surface area contributed by atoms with E-state index in [0.29, 0.717) is 11.3 Å². The van der Waals surface area contributed by atoms with Gasteiger partial charge in [-0.05, 0) is 48.9 Å². The fourth-order valence-corrected chi connectivity index (χ4v) is 2.77. The number of halogens is 1. The highest BCUT2D eigenvalue weighted by Gasteiger charge is 2.19. The van der Waals surface area contributed by atoms with Gasteiger partial charge in [-0.15, -0.1) is 0 Å². The molecule has 2 rings (SSSR count). The van der Waals surface area contributed by atoms with Crippen molar-refractivity contribution in [1.29, 1.82) is 0 Å². The summed E-state index contributed by atoms with van der Waals surface area (Å²) in [5.74, 6) is -1.88. The summed E-state index contributed by atoms with van der Waals surface area (Å²) in [4.78, 5) is 24.0. The number of esters is 1. The standard InChI is InChI=1S/C18H19FN2O6S/c1-11(18(23)21-13-4-6-14(7-5-13)28(20,24)25)27-17(22)10-12-3-8-16(26-2)15(19)9-12/h3-9,11H,10H2,1-2H3,(H,21,23)(H2,20,24,25)/t11-/m0/s1. The molecule has 1 atom stereocenters. The summed E-state index contributed by atoms with van der Waals surface area (Å²) in [5.41, 5.74) is 0.673.